The van der Waals surface area contributed by atoms with Crippen molar-refractivity contribution in [2.24, 2.45) is 5.41 Å². The Morgan fingerprint density at radius 1 is 1.37 bits per heavy atom. The van der Waals surface area contributed by atoms with Crippen LogP contribution >= 0.6 is 11.6 Å². The molecule has 1 saturated carbocycles. The number of hydrogen-bond acceptors (Lipinski definition) is 4. The van der Waals surface area contributed by atoms with Crippen LogP contribution in [0, 0.1) is 5.41 Å². The van der Waals surface area contributed by atoms with E-state index in [9.17, 15) is 9.90 Å². The number of carboxylic acids is 1. The van der Waals surface area contributed by atoms with Gasteiger partial charge in [-0.3, -0.25) is 4.79 Å². The van der Waals surface area contributed by atoms with Crippen LogP contribution in [0.3, 0.4) is 0 Å². The van der Waals surface area contributed by atoms with Crippen LogP contribution in [0.2, 0.25) is 5.02 Å². The first-order valence-corrected chi connectivity index (χ1v) is 6.24. The zero-order valence-electron chi connectivity index (χ0n) is 9.95. The summed E-state index contributed by atoms with van der Waals surface area (Å²) in [5, 5.41) is 21.3. The van der Waals surface area contributed by atoms with Gasteiger partial charge in [-0.25, -0.2) is 4.68 Å². The number of halogens is 1. The Bertz CT molecular complexity index is 619. The summed E-state index contributed by atoms with van der Waals surface area (Å²) in [6.07, 6.45) is 1.34. The third kappa shape index (κ3) is 2.19. The third-order valence-corrected chi connectivity index (χ3v) is 3.65. The van der Waals surface area contributed by atoms with Crippen molar-refractivity contribution < 1.29 is 9.90 Å². The molecule has 1 aliphatic rings. The Morgan fingerprint density at radius 3 is 2.63 bits per heavy atom. The van der Waals surface area contributed by atoms with E-state index in [2.05, 4.69) is 15.5 Å². The van der Waals surface area contributed by atoms with Gasteiger partial charge in [-0.15, -0.1) is 5.10 Å². The Hall–Kier alpha value is -1.95. The van der Waals surface area contributed by atoms with E-state index >= 15 is 0 Å². The topological polar surface area (TPSA) is 80.9 Å². The highest BCUT2D eigenvalue weighted by Gasteiger charge is 2.51. The second-order valence-corrected chi connectivity index (χ2v) is 5.19. The normalized spacial score (nSPS) is 16.3. The summed E-state index contributed by atoms with van der Waals surface area (Å²) in [4.78, 5) is 11.2. The molecule has 1 fully saturated rings. The monoisotopic (exact) mass is 278 g/mol. The molecule has 98 valence electrons. The van der Waals surface area contributed by atoms with Crippen molar-refractivity contribution >= 4 is 17.6 Å². The van der Waals surface area contributed by atoms with E-state index in [0.29, 0.717) is 30.2 Å². The predicted molar refractivity (Wildman–Crippen MR) is 67.6 cm³/mol. The maximum Gasteiger partial charge on any atom is 0.311 e. The summed E-state index contributed by atoms with van der Waals surface area (Å²) < 4.78 is 1.55. The quantitative estimate of drug-likeness (QED) is 0.923. The second-order valence-electron chi connectivity index (χ2n) is 4.75. The Labute approximate surface area is 114 Å². The SMILES string of the molecule is O=C(O)C1(Cn2nnnc2-c2ccc(Cl)cc2)CC1. The first kappa shape index (κ1) is 12.1. The van der Waals surface area contributed by atoms with Crippen molar-refractivity contribution in [1.82, 2.24) is 20.2 Å². The van der Waals surface area contributed by atoms with E-state index in [1.54, 1.807) is 16.8 Å². The van der Waals surface area contributed by atoms with Crippen molar-refractivity contribution in [3.05, 3.63) is 29.3 Å². The fourth-order valence-corrected chi connectivity index (χ4v) is 2.12. The van der Waals surface area contributed by atoms with E-state index in [0.717, 1.165) is 5.56 Å². The maximum atomic E-state index is 11.2. The molecule has 0 spiro atoms. The lowest BCUT2D eigenvalue weighted by atomic mass is 10.1. The average molecular weight is 279 g/mol. The molecule has 0 radical (unpaired) electrons. The second kappa shape index (κ2) is 4.31. The van der Waals surface area contributed by atoms with Gasteiger partial charge in [-0.05, 0) is 47.5 Å². The first-order chi connectivity index (χ1) is 9.11. The number of aliphatic carboxylic acids is 1. The van der Waals surface area contributed by atoms with Crippen molar-refractivity contribution in [2.75, 3.05) is 0 Å². The minimum absolute atomic E-state index is 0.299. The largest absolute Gasteiger partial charge is 0.481 e. The van der Waals surface area contributed by atoms with Gasteiger partial charge in [0.25, 0.3) is 0 Å². The number of carbonyl (C=O) groups is 1. The molecule has 6 nitrogen and oxygen atoms in total. The molecule has 1 N–H and O–H groups in total. The smallest absolute Gasteiger partial charge is 0.311 e. The Kier molecular flexibility index (Phi) is 2.74. The lowest BCUT2D eigenvalue weighted by Crippen LogP contribution is -2.22. The minimum Gasteiger partial charge on any atom is -0.481 e. The van der Waals surface area contributed by atoms with Gasteiger partial charge in [0, 0.05) is 10.6 Å². The number of benzene rings is 1. The lowest BCUT2D eigenvalue weighted by Gasteiger charge is -2.10. The number of carboxylic acid groups (broad SMARTS) is 1. The molecule has 1 aromatic carbocycles. The number of tetrazole rings is 1. The zero-order valence-corrected chi connectivity index (χ0v) is 10.7. The zero-order chi connectivity index (χ0) is 13.5. The van der Waals surface area contributed by atoms with Gasteiger partial charge in [0.05, 0.1) is 12.0 Å². The number of hydrogen-bond donors (Lipinski definition) is 1. The number of rotatable bonds is 4. The first-order valence-electron chi connectivity index (χ1n) is 5.86. The Balaban J connectivity index is 1.91. The molecule has 2 aromatic rings. The van der Waals surface area contributed by atoms with Crippen LogP contribution in [0.5, 0.6) is 0 Å². The molecule has 19 heavy (non-hydrogen) atoms. The van der Waals surface area contributed by atoms with Gasteiger partial charge in [0.15, 0.2) is 5.82 Å². The lowest BCUT2D eigenvalue weighted by molar-refractivity contribution is -0.144. The van der Waals surface area contributed by atoms with Crippen LogP contribution in [0.4, 0.5) is 0 Å². The number of aromatic nitrogens is 4. The van der Waals surface area contributed by atoms with Gasteiger partial charge < -0.3 is 5.11 Å². The summed E-state index contributed by atoms with van der Waals surface area (Å²) in [5.74, 6) is -0.228. The fraction of sp³-hybridized carbons (Fsp3) is 0.333. The van der Waals surface area contributed by atoms with E-state index < -0.39 is 11.4 Å². The van der Waals surface area contributed by atoms with Gasteiger partial charge in [0.1, 0.15) is 0 Å². The van der Waals surface area contributed by atoms with E-state index in [1.807, 2.05) is 12.1 Å². The highest BCUT2D eigenvalue weighted by molar-refractivity contribution is 6.30. The van der Waals surface area contributed by atoms with E-state index in [-0.39, 0.29) is 0 Å². The van der Waals surface area contributed by atoms with Crippen molar-refractivity contribution in [3.63, 3.8) is 0 Å². The molecular formula is C12H11ClN4O2. The summed E-state index contributed by atoms with van der Waals surface area (Å²) in [6.45, 7) is 0.299. The molecular weight excluding hydrogens is 268 g/mol. The van der Waals surface area contributed by atoms with Gasteiger partial charge in [-0.1, -0.05) is 11.6 Å². The summed E-state index contributed by atoms with van der Waals surface area (Å²) in [5.41, 5.74) is 0.117. The van der Waals surface area contributed by atoms with Crippen LogP contribution in [-0.2, 0) is 11.3 Å². The standard InChI is InChI=1S/C12H11ClN4O2/c13-9-3-1-8(2-4-9)10-14-15-16-17(10)7-12(5-6-12)11(18)19/h1-4H,5-7H2,(H,18,19). The van der Waals surface area contributed by atoms with Crippen LogP contribution in [0.25, 0.3) is 11.4 Å². The van der Waals surface area contributed by atoms with Gasteiger partial charge >= 0.3 is 5.97 Å². The van der Waals surface area contributed by atoms with Crippen LogP contribution < -0.4 is 0 Å². The highest BCUT2D eigenvalue weighted by Crippen LogP contribution is 2.47. The molecule has 0 bridgehead atoms. The van der Waals surface area contributed by atoms with Gasteiger partial charge in [-0.2, -0.15) is 0 Å². The summed E-state index contributed by atoms with van der Waals surface area (Å²) in [7, 11) is 0. The highest BCUT2D eigenvalue weighted by atomic mass is 35.5. The van der Waals surface area contributed by atoms with Crippen LogP contribution in [-0.4, -0.2) is 31.3 Å². The van der Waals surface area contributed by atoms with Crippen LogP contribution in [0.1, 0.15) is 12.8 Å². The number of nitrogens with zero attached hydrogens (tertiary/aromatic N) is 4. The molecule has 0 aliphatic heterocycles. The minimum atomic E-state index is -0.787. The molecule has 1 aliphatic carbocycles. The molecule has 1 heterocycles. The van der Waals surface area contributed by atoms with Crippen molar-refractivity contribution in [2.45, 2.75) is 19.4 Å². The van der Waals surface area contributed by atoms with Crippen molar-refractivity contribution in [1.29, 1.82) is 0 Å². The van der Waals surface area contributed by atoms with Crippen LogP contribution in [0.15, 0.2) is 24.3 Å². The molecule has 0 atom stereocenters. The van der Waals surface area contributed by atoms with Crippen molar-refractivity contribution in [3.8, 4) is 11.4 Å². The Morgan fingerprint density at radius 2 is 2.05 bits per heavy atom. The van der Waals surface area contributed by atoms with Gasteiger partial charge in [0.2, 0.25) is 0 Å². The molecule has 7 heteroatoms. The summed E-state index contributed by atoms with van der Waals surface area (Å²) in [6, 6.07) is 7.12. The average Bonchev–Trinajstić information content (AvgIpc) is 3.03. The summed E-state index contributed by atoms with van der Waals surface area (Å²) >= 11 is 5.83. The predicted octanol–water partition coefficient (Wildman–Crippen LogP) is 1.86. The molecule has 0 saturated heterocycles. The fourth-order valence-electron chi connectivity index (χ4n) is 1.99. The van der Waals surface area contributed by atoms with E-state index in [4.69, 9.17) is 11.6 Å². The third-order valence-electron chi connectivity index (χ3n) is 3.39. The molecule has 0 amide bonds. The molecule has 3 rings (SSSR count). The maximum absolute atomic E-state index is 11.2. The molecule has 1 aromatic heterocycles. The van der Waals surface area contributed by atoms with E-state index in [1.165, 1.54) is 0 Å². The molecule has 0 unspecified atom stereocenters.